The summed E-state index contributed by atoms with van der Waals surface area (Å²) in [5.41, 5.74) is 3.52. The van der Waals surface area contributed by atoms with Gasteiger partial charge in [0.1, 0.15) is 5.75 Å². The minimum atomic E-state index is -3.54. The molecular formula is C22H23NO3S. The molecule has 1 heterocycles. The molecule has 0 bridgehead atoms. The topological polar surface area (TPSA) is 46.6 Å². The fraction of sp³-hybridized carbons (Fsp3) is 0.364. The number of ether oxygens (including phenoxy) is 1. The van der Waals surface area contributed by atoms with Crippen LogP contribution in [-0.2, 0) is 16.4 Å². The molecule has 0 radical (unpaired) electrons. The van der Waals surface area contributed by atoms with Gasteiger partial charge in [0, 0.05) is 12.5 Å². The molecule has 5 heteroatoms. The van der Waals surface area contributed by atoms with Gasteiger partial charge in [-0.15, -0.1) is 0 Å². The van der Waals surface area contributed by atoms with Crippen LogP contribution in [-0.4, -0.2) is 32.9 Å². The highest BCUT2D eigenvalue weighted by molar-refractivity contribution is 7.89. The van der Waals surface area contributed by atoms with Crippen molar-refractivity contribution in [1.82, 2.24) is 4.31 Å². The summed E-state index contributed by atoms with van der Waals surface area (Å²) in [5, 5.41) is 0. The maximum absolute atomic E-state index is 13.1. The van der Waals surface area contributed by atoms with Gasteiger partial charge in [-0.1, -0.05) is 35.6 Å². The second-order valence-electron chi connectivity index (χ2n) is 7.27. The van der Waals surface area contributed by atoms with Gasteiger partial charge < -0.3 is 4.74 Å². The van der Waals surface area contributed by atoms with Gasteiger partial charge in [0.15, 0.2) is 0 Å². The van der Waals surface area contributed by atoms with Gasteiger partial charge in [-0.25, -0.2) is 8.42 Å². The van der Waals surface area contributed by atoms with E-state index in [0.717, 1.165) is 24.2 Å². The number of methoxy groups -OCH3 is 1. The van der Waals surface area contributed by atoms with Gasteiger partial charge in [-0.05, 0) is 61.1 Å². The van der Waals surface area contributed by atoms with Crippen molar-refractivity contribution >= 4 is 10.0 Å². The van der Waals surface area contributed by atoms with Gasteiger partial charge in [0.25, 0.3) is 0 Å². The molecule has 4 rings (SSSR count). The maximum Gasteiger partial charge on any atom is 0.243 e. The zero-order chi connectivity index (χ0) is 19.0. The molecule has 1 aliphatic carbocycles. The summed E-state index contributed by atoms with van der Waals surface area (Å²) in [4.78, 5) is 0.339. The molecule has 0 unspecified atom stereocenters. The first kappa shape index (κ1) is 18.1. The average Bonchev–Trinajstić information content (AvgIpc) is 2.91. The number of nitrogens with zero attached hydrogens (tertiary/aromatic N) is 1. The second kappa shape index (κ2) is 7.03. The fourth-order valence-electron chi connectivity index (χ4n) is 3.98. The summed E-state index contributed by atoms with van der Waals surface area (Å²) in [6.45, 7) is 2.67. The Morgan fingerprint density at radius 3 is 2.67 bits per heavy atom. The summed E-state index contributed by atoms with van der Waals surface area (Å²) in [7, 11) is -1.87. The van der Waals surface area contributed by atoms with Gasteiger partial charge in [0.05, 0.1) is 18.6 Å². The van der Waals surface area contributed by atoms with Crippen LogP contribution in [0.1, 0.15) is 29.0 Å². The third-order valence-corrected chi connectivity index (χ3v) is 7.38. The predicted molar refractivity (Wildman–Crippen MR) is 105 cm³/mol. The van der Waals surface area contributed by atoms with E-state index in [4.69, 9.17) is 4.74 Å². The van der Waals surface area contributed by atoms with Crippen molar-refractivity contribution in [1.29, 1.82) is 0 Å². The number of hydrogen-bond donors (Lipinski definition) is 0. The Kier molecular flexibility index (Phi) is 4.71. The Labute approximate surface area is 161 Å². The van der Waals surface area contributed by atoms with E-state index in [1.165, 1.54) is 11.1 Å². The van der Waals surface area contributed by atoms with E-state index in [1.807, 2.05) is 25.1 Å². The molecule has 140 valence electrons. The lowest BCUT2D eigenvalue weighted by Gasteiger charge is -2.32. The van der Waals surface area contributed by atoms with E-state index >= 15 is 0 Å². The van der Waals surface area contributed by atoms with Crippen molar-refractivity contribution in [2.45, 2.75) is 30.6 Å². The summed E-state index contributed by atoms with van der Waals surface area (Å²) < 4.78 is 33.1. The van der Waals surface area contributed by atoms with Crippen molar-refractivity contribution < 1.29 is 13.2 Å². The van der Waals surface area contributed by atoms with E-state index in [0.29, 0.717) is 11.4 Å². The fourth-order valence-corrected chi connectivity index (χ4v) is 5.38. The van der Waals surface area contributed by atoms with Crippen molar-refractivity contribution in [3.8, 4) is 17.6 Å². The monoisotopic (exact) mass is 381 g/mol. The molecule has 0 saturated carbocycles. The van der Waals surface area contributed by atoms with Crippen LogP contribution in [0.2, 0.25) is 0 Å². The summed E-state index contributed by atoms with van der Waals surface area (Å²) in [5.74, 6) is 7.54. The Morgan fingerprint density at radius 2 is 1.93 bits per heavy atom. The molecule has 0 amide bonds. The van der Waals surface area contributed by atoms with Crippen LogP contribution in [0.15, 0.2) is 47.4 Å². The van der Waals surface area contributed by atoms with Crippen molar-refractivity contribution in [2.75, 3.05) is 20.2 Å². The average molecular weight is 381 g/mol. The summed E-state index contributed by atoms with van der Waals surface area (Å²) in [6.07, 6.45) is 1.89. The Balaban J connectivity index is 1.64. The summed E-state index contributed by atoms with van der Waals surface area (Å²) >= 11 is 0. The number of fused-ring (bicyclic) bond motifs is 3. The van der Waals surface area contributed by atoms with Crippen molar-refractivity contribution in [2.24, 2.45) is 5.92 Å². The molecule has 4 nitrogen and oxygen atoms in total. The zero-order valence-electron chi connectivity index (χ0n) is 15.6. The molecule has 1 aliphatic heterocycles. The van der Waals surface area contributed by atoms with Crippen LogP contribution in [0.25, 0.3) is 0 Å². The van der Waals surface area contributed by atoms with Gasteiger partial charge in [0.2, 0.25) is 10.0 Å². The lowest BCUT2D eigenvalue weighted by Crippen LogP contribution is -2.37. The predicted octanol–water partition coefficient (Wildman–Crippen LogP) is 3.36. The standard InChI is InChI=1S/C22H23NO3S/c1-16-5-11-20(12-6-16)27(24,25)23-13-3-4-21-18(15-23)8-7-17-9-10-19(26-2)14-22(17)21/h5-6,9-12,14,18,21H,7-8,13,15H2,1-2H3/t18-,21-/m1/s1. The van der Waals surface area contributed by atoms with Crippen LogP contribution in [0, 0.1) is 24.7 Å². The first-order valence-electron chi connectivity index (χ1n) is 9.21. The SMILES string of the molecule is COc1ccc2c(c1)[C@@H]1C#CCN(S(=O)(=O)c3ccc(C)cc3)C[C@H]1CC2. The minimum absolute atomic E-state index is 0.0575. The van der Waals surface area contributed by atoms with Crippen LogP contribution in [0.4, 0.5) is 0 Å². The van der Waals surface area contributed by atoms with Gasteiger partial charge >= 0.3 is 0 Å². The Bertz CT molecular complexity index is 1020. The normalized spacial score (nSPS) is 22.0. The molecule has 0 spiro atoms. The molecule has 2 atom stereocenters. The smallest absolute Gasteiger partial charge is 0.243 e. The number of aryl methyl sites for hydroxylation is 2. The largest absolute Gasteiger partial charge is 0.497 e. The van der Waals surface area contributed by atoms with E-state index in [-0.39, 0.29) is 18.4 Å². The number of hydrogen-bond acceptors (Lipinski definition) is 3. The summed E-state index contributed by atoms with van der Waals surface area (Å²) in [6, 6.07) is 13.2. The first-order chi connectivity index (χ1) is 13.0. The number of benzene rings is 2. The highest BCUT2D eigenvalue weighted by Gasteiger charge is 2.35. The van der Waals surface area contributed by atoms with Gasteiger partial charge in [-0.2, -0.15) is 4.31 Å². The quantitative estimate of drug-likeness (QED) is 0.766. The Hall–Kier alpha value is -2.29. The zero-order valence-corrected chi connectivity index (χ0v) is 16.4. The third-order valence-electron chi connectivity index (χ3n) is 5.55. The van der Waals surface area contributed by atoms with Crippen LogP contribution in [0.5, 0.6) is 5.75 Å². The van der Waals surface area contributed by atoms with Crippen molar-refractivity contribution in [3.05, 3.63) is 59.2 Å². The second-order valence-corrected chi connectivity index (χ2v) is 9.21. The molecule has 2 aliphatic rings. The van der Waals surface area contributed by atoms with Crippen molar-refractivity contribution in [3.63, 3.8) is 0 Å². The molecule has 0 aromatic heterocycles. The third kappa shape index (κ3) is 3.36. The molecular weight excluding hydrogens is 358 g/mol. The van der Waals surface area contributed by atoms with E-state index in [1.54, 1.807) is 23.5 Å². The van der Waals surface area contributed by atoms with Crippen LogP contribution >= 0.6 is 0 Å². The highest BCUT2D eigenvalue weighted by atomic mass is 32.2. The molecule has 2 aromatic rings. The lowest BCUT2D eigenvalue weighted by atomic mass is 9.75. The van der Waals surface area contributed by atoms with Crippen LogP contribution in [0.3, 0.4) is 0 Å². The maximum atomic E-state index is 13.1. The first-order valence-corrected chi connectivity index (χ1v) is 10.6. The Morgan fingerprint density at radius 1 is 1.15 bits per heavy atom. The lowest BCUT2D eigenvalue weighted by molar-refractivity contribution is 0.328. The molecule has 2 aromatic carbocycles. The van der Waals surface area contributed by atoms with Crippen LogP contribution < -0.4 is 4.74 Å². The number of sulfonamides is 1. The van der Waals surface area contributed by atoms with Gasteiger partial charge in [-0.3, -0.25) is 0 Å². The minimum Gasteiger partial charge on any atom is -0.497 e. The highest BCUT2D eigenvalue weighted by Crippen LogP contribution is 2.39. The molecule has 27 heavy (non-hydrogen) atoms. The molecule has 0 N–H and O–H groups in total. The van der Waals surface area contributed by atoms with E-state index in [9.17, 15) is 8.42 Å². The molecule has 0 fully saturated rings. The molecule has 0 saturated heterocycles. The van der Waals surface area contributed by atoms with E-state index in [2.05, 4.69) is 24.0 Å². The number of rotatable bonds is 3. The van der Waals surface area contributed by atoms with E-state index < -0.39 is 10.0 Å².